The van der Waals surface area contributed by atoms with Gasteiger partial charge in [0, 0.05) is 0 Å². The Balaban J connectivity index is 2.18. The van der Waals surface area contributed by atoms with E-state index in [4.69, 9.17) is 0 Å². The fourth-order valence-corrected chi connectivity index (χ4v) is 3.87. The molecule has 0 saturated carbocycles. The SMILES string of the molecule is C1=NCCC[CH2][Sn]=[N]CCCCC1. The number of nitrogens with zero attached hydrogens (tertiary/aromatic N) is 2. The maximum absolute atomic E-state index is 4.66. The van der Waals surface area contributed by atoms with E-state index in [9.17, 15) is 0 Å². The van der Waals surface area contributed by atoms with Crippen molar-refractivity contribution in [2.24, 2.45) is 8.15 Å². The van der Waals surface area contributed by atoms with Gasteiger partial charge in [0.2, 0.25) is 0 Å². The predicted octanol–water partition coefficient (Wildman–Crippen LogP) is 2.72. The molecule has 0 saturated heterocycles. The van der Waals surface area contributed by atoms with Crippen molar-refractivity contribution < 1.29 is 0 Å². The first-order valence-electron chi connectivity index (χ1n) is 5.38. The Morgan fingerprint density at radius 1 is 0.923 bits per heavy atom. The van der Waals surface area contributed by atoms with Crippen molar-refractivity contribution in [3.8, 4) is 0 Å². The minimum atomic E-state index is -0.303. The van der Waals surface area contributed by atoms with Crippen LogP contribution in [0.5, 0.6) is 0 Å². The van der Waals surface area contributed by atoms with E-state index in [1.54, 1.807) is 0 Å². The second kappa shape index (κ2) is 8.85. The van der Waals surface area contributed by atoms with Gasteiger partial charge >= 0.3 is 91.4 Å². The maximum atomic E-state index is 4.66. The second-order valence-electron chi connectivity index (χ2n) is 3.44. The average molecular weight is 286 g/mol. The van der Waals surface area contributed by atoms with Crippen LogP contribution in [-0.2, 0) is 0 Å². The molecule has 1 radical (unpaired) electrons. The molecule has 13 heavy (non-hydrogen) atoms. The summed E-state index contributed by atoms with van der Waals surface area (Å²) in [5.41, 5.74) is 0. The van der Waals surface area contributed by atoms with Crippen molar-refractivity contribution in [2.75, 3.05) is 13.1 Å². The van der Waals surface area contributed by atoms with Crippen LogP contribution < -0.4 is 0 Å². The Morgan fingerprint density at radius 2 is 1.85 bits per heavy atom. The number of hydrogen-bond donors (Lipinski definition) is 0. The molecular weight excluding hydrogens is 267 g/mol. The number of aliphatic imine (C=N–C) groups is 1. The summed E-state index contributed by atoms with van der Waals surface area (Å²) < 4.78 is 6.09. The fraction of sp³-hybridized carbons (Fsp3) is 0.900. The van der Waals surface area contributed by atoms with Crippen molar-refractivity contribution in [1.82, 2.24) is 0 Å². The first kappa shape index (κ1) is 11.3. The molecule has 0 aromatic carbocycles. The second-order valence-corrected chi connectivity index (χ2v) is 6.67. The van der Waals surface area contributed by atoms with Crippen LogP contribution in [0.4, 0.5) is 0 Å². The Bertz CT molecular complexity index is 148. The van der Waals surface area contributed by atoms with Crippen LogP contribution in [0, 0.1) is 0 Å². The first-order valence-corrected chi connectivity index (χ1v) is 8.67. The van der Waals surface area contributed by atoms with Crippen molar-refractivity contribution in [3.05, 3.63) is 0 Å². The molecule has 0 aromatic heterocycles. The zero-order valence-electron chi connectivity index (χ0n) is 8.34. The van der Waals surface area contributed by atoms with Crippen LogP contribution in [0.2, 0.25) is 4.44 Å². The van der Waals surface area contributed by atoms with Crippen molar-refractivity contribution in [1.29, 1.82) is 0 Å². The fourth-order valence-electron chi connectivity index (χ4n) is 1.35. The van der Waals surface area contributed by atoms with Gasteiger partial charge in [-0.15, -0.1) is 0 Å². The van der Waals surface area contributed by atoms with E-state index in [-0.39, 0.29) is 21.0 Å². The summed E-state index contributed by atoms with van der Waals surface area (Å²) in [4.78, 5) is 4.40. The van der Waals surface area contributed by atoms with Crippen LogP contribution in [0.15, 0.2) is 8.15 Å². The van der Waals surface area contributed by atoms with Gasteiger partial charge in [0.1, 0.15) is 0 Å². The quantitative estimate of drug-likeness (QED) is 0.612. The molecule has 2 nitrogen and oxygen atoms in total. The van der Waals surface area contributed by atoms with Gasteiger partial charge in [-0.2, -0.15) is 0 Å². The molecule has 0 aromatic rings. The van der Waals surface area contributed by atoms with E-state index < -0.39 is 0 Å². The van der Waals surface area contributed by atoms with E-state index in [1.165, 1.54) is 43.0 Å². The Labute approximate surface area is 91.3 Å². The molecule has 0 amide bonds. The predicted molar refractivity (Wildman–Crippen MR) is 58.9 cm³/mol. The molecule has 0 unspecified atom stereocenters. The molecule has 73 valence electrons. The van der Waals surface area contributed by atoms with Gasteiger partial charge in [-0.3, -0.25) is 0 Å². The third kappa shape index (κ3) is 7.35. The molecule has 1 aliphatic rings. The van der Waals surface area contributed by atoms with Gasteiger partial charge in [-0.05, 0) is 0 Å². The molecule has 1 rings (SSSR count). The average Bonchev–Trinajstić information content (AvgIpc) is 2.18. The molecule has 0 N–H and O–H groups in total. The molecule has 3 heteroatoms. The summed E-state index contributed by atoms with van der Waals surface area (Å²) in [5.74, 6) is 0. The van der Waals surface area contributed by atoms with Gasteiger partial charge < -0.3 is 0 Å². The monoisotopic (exact) mass is 287 g/mol. The van der Waals surface area contributed by atoms with Crippen LogP contribution in [-0.4, -0.2) is 40.3 Å². The Hall–Kier alpha value is 0.269. The van der Waals surface area contributed by atoms with E-state index in [2.05, 4.69) is 14.4 Å². The van der Waals surface area contributed by atoms with Gasteiger partial charge in [0.05, 0.1) is 0 Å². The summed E-state index contributed by atoms with van der Waals surface area (Å²) in [6, 6.07) is 0. The third-order valence-electron chi connectivity index (χ3n) is 2.17. The molecule has 0 bridgehead atoms. The molecule has 0 spiro atoms. The zero-order chi connectivity index (χ0) is 9.19. The van der Waals surface area contributed by atoms with Crippen LogP contribution in [0.25, 0.3) is 0 Å². The summed E-state index contributed by atoms with van der Waals surface area (Å²) in [5, 5.41) is 0. The topological polar surface area (TPSA) is 24.7 Å². The number of hydrogen-bond acceptors (Lipinski definition) is 2. The van der Waals surface area contributed by atoms with E-state index in [0.29, 0.717) is 0 Å². The van der Waals surface area contributed by atoms with Gasteiger partial charge in [0.15, 0.2) is 0 Å². The van der Waals surface area contributed by atoms with Gasteiger partial charge in [-0.25, -0.2) is 0 Å². The zero-order valence-corrected chi connectivity index (χ0v) is 11.2. The van der Waals surface area contributed by atoms with Crippen LogP contribution >= 0.6 is 0 Å². The molecule has 1 aliphatic heterocycles. The van der Waals surface area contributed by atoms with Crippen LogP contribution in [0.3, 0.4) is 0 Å². The standard InChI is InChI=1S/C10H19N2.Sn/c1-2-3-9-12-10-7-5-4-6-8-11;/h10H,1-9H2;. The van der Waals surface area contributed by atoms with E-state index in [0.717, 1.165) is 13.1 Å². The van der Waals surface area contributed by atoms with Gasteiger partial charge in [0.25, 0.3) is 0 Å². The van der Waals surface area contributed by atoms with Crippen molar-refractivity contribution in [3.63, 3.8) is 0 Å². The molecular formula is C10H19N2Sn. The third-order valence-corrected chi connectivity index (χ3v) is 5.09. The summed E-state index contributed by atoms with van der Waals surface area (Å²) in [6.45, 7) is 2.21. The van der Waals surface area contributed by atoms with Crippen molar-refractivity contribution in [2.45, 2.75) is 43.0 Å². The Kier molecular flexibility index (Phi) is 7.72. The molecule has 0 fully saturated rings. The van der Waals surface area contributed by atoms with Crippen LogP contribution in [0.1, 0.15) is 38.5 Å². The number of rotatable bonds is 0. The Morgan fingerprint density at radius 3 is 2.85 bits per heavy atom. The van der Waals surface area contributed by atoms with E-state index >= 15 is 0 Å². The summed E-state index contributed by atoms with van der Waals surface area (Å²) in [7, 11) is 0. The molecule has 0 atom stereocenters. The summed E-state index contributed by atoms with van der Waals surface area (Å²) in [6.07, 6.45) is 9.92. The summed E-state index contributed by atoms with van der Waals surface area (Å²) >= 11 is -0.303. The van der Waals surface area contributed by atoms with Gasteiger partial charge in [-0.1, -0.05) is 0 Å². The van der Waals surface area contributed by atoms with Crippen molar-refractivity contribution >= 4 is 27.2 Å². The van der Waals surface area contributed by atoms with E-state index in [1.807, 2.05) is 0 Å². The molecule has 1 heterocycles. The normalized spacial score (nSPS) is 21.5. The first-order chi connectivity index (χ1) is 6.50. The molecule has 0 aliphatic carbocycles. The minimum absolute atomic E-state index is 0.303.